The van der Waals surface area contributed by atoms with Crippen LogP contribution in [0.25, 0.3) is 6.08 Å². The molecule has 0 bridgehead atoms. The van der Waals surface area contributed by atoms with Gasteiger partial charge in [-0.05, 0) is 58.4 Å². The molecule has 0 saturated carbocycles. The van der Waals surface area contributed by atoms with Crippen LogP contribution in [-0.4, -0.2) is 40.3 Å². The molecule has 0 unspecified atom stereocenters. The van der Waals surface area contributed by atoms with Gasteiger partial charge in [-0.25, -0.2) is 0 Å². The van der Waals surface area contributed by atoms with Crippen molar-refractivity contribution in [1.82, 2.24) is 4.90 Å². The van der Waals surface area contributed by atoms with E-state index in [9.17, 15) is 19.5 Å². The van der Waals surface area contributed by atoms with Gasteiger partial charge >= 0.3 is 5.97 Å². The zero-order valence-electron chi connectivity index (χ0n) is 11.8. The summed E-state index contributed by atoms with van der Waals surface area (Å²) in [6.07, 6.45) is 1.46. The number of ether oxygens (including phenoxy) is 1. The Bertz CT molecular complexity index is 698. The first-order chi connectivity index (χ1) is 10.8. The summed E-state index contributed by atoms with van der Waals surface area (Å²) in [5.41, 5.74) is 0.529. The van der Waals surface area contributed by atoms with Gasteiger partial charge in [-0.2, -0.15) is 0 Å². The number of carbonyl (C=O) groups is 3. The van der Waals surface area contributed by atoms with E-state index < -0.39 is 23.7 Å². The number of halogens is 2. The smallest absolute Gasteiger partial charge is 0.326 e. The number of benzene rings is 1. The lowest BCUT2D eigenvalue weighted by molar-refractivity contribution is -0.145. The molecule has 1 aliphatic heterocycles. The topological polar surface area (TPSA) is 83.9 Å². The number of nitrogens with zero attached hydrogens (tertiary/aromatic N) is 1. The molecule has 1 saturated heterocycles. The SMILES string of the molecule is CCOC(=O)CN1C(=O)S/C(=C/c2cc(Cl)c(O)c(Br)c2)C1=O. The van der Waals surface area contributed by atoms with Crippen LogP contribution in [0.4, 0.5) is 4.79 Å². The van der Waals surface area contributed by atoms with Crippen molar-refractivity contribution in [3.63, 3.8) is 0 Å². The number of amides is 2. The lowest BCUT2D eigenvalue weighted by Crippen LogP contribution is -2.34. The van der Waals surface area contributed by atoms with Crippen LogP contribution in [0.2, 0.25) is 5.02 Å². The highest BCUT2D eigenvalue weighted by atomic mass is 79.9. The van der Waals surface area contributed by atoms with Crippen molar-refractivity contribution in [2.45, 2.75) is 6.92 Å². The molecule has 2 amide bonds. The van der Waals surface area contributed by atoms with E-state index >= 15 is 0 Å². The predicted molar refractivity (Wildman–Crippen MR) is 90.1 cm³/mol. The van der Waals surface area contributed by atoms with Crippen LogP contribution in [0.15, 0.2) is 21.5 Å². The number of imide groups is 1. The van der Waals surface area contributed by atoms with Gasteiger partial charge in [0.25, 0.3) is 11.1 Å². The molecule has 2 rings (SSSR count). The minimum absolute atomic E-state index is 0.108. The maximum absolute atomic E-state index is 12.2. The van der Waals surface area contributed by atoms with E-state index in [0.29, 0.717) is 10.0 Å². The number of aromatic hydroxyl groups is 1. The first kappa shape index (κ1) is 17.8. The highest BCUT2D eigenvalue weighted by Gasteiger charge is 2.36. The maximum atomic E-state index is 12.2. The van der Waals surface area contributed by atoms with Gasteiger partial charge < -0.3 is 9.84 Å². The van der Waals surface area contributed by atoms with Gasteiger partial charge in [-0.1, -0.05) is 11.6 Å². The summed E-state index contributed by atoms with van der Waals surface area (Å²) in [4.78, 5) is 36.5. The molecule has 1 N–H and O–H groups in total. The summed E-state index contributed by atoms with van der Waals surface area (Å²) < 4.78 is 5.10. The zero-order valence-corrected chi connectivity index (χ0v) is 15.0. The Kier molecular flexibility index (Phi) is 5.72. The van der Waals surface area contributed by atoms with Crippen molar-refractivity contribution >= 4 is 62.5 Å². The molecule has 1 fully saturated rings. The van der Waals surface area contributed by atoms with Crippen molar-refractivity contribution in [2.75, 3.05) is 13.2 Å². The lowest BCUT2D eigenvalue weighted by Gasteiger charge is -2.10. The lowest BCUT2D eigenvalue weighted by atomic mass is 10.2. The molecule has 1 aromatic carbocycles. The third kappa shape index (κ3) is 4.07. The van der Waals surface area contributed by atoms with E-state index in [-0.39, 0.29) is 22.3 Å². The normalized spacial score (nSPS) is 16.3. The second-order valence-corrected chi connectivity index (χ2v) is 6.66. The second-order valence-electron chi connectivity index (χ2n) is 4.41. The van der Waals surface area contributed by atoms with Crippen LogP contribution in [0.3, 0.4) is 0 Å². The number of phenols is 1. The minimum Gasteiger partial charge on any atom is -0.505 e. The summed E-state index contributed by atoms with van der Waals surface area (Å²) >= 11 is 9.73. The quantitative estimate of drug-likeness (QED) is 0.594. The van der Waals surface area contributed by atoms with Crippen molar-refractivity contribution in [1.29, 1.82) is 0 Å². The summed E-state index contributed by atoms with van der Waals surface area (Å²) in [7, 11) is 0. The number of rotatable bonds is 4. The fourth-order valence-electron chi connectivity index (χ4n) is 1.79. The molecule has 9 heteroatoms. The van der Waals surface area contributed by atoms with E-state index in [4.69, 9.17) is 16.3 Å². The molecule has 1 aliphatic rings. The first-order valence-electron chi connectivity index (χ1n) is 6.42. The van der Waals surface area contributed by atoms with E-state index in [1.807, 2.05) is 0 Å². The molecule has 23 heavy (non-hydrogen) atoms. The number of hydrogen-bond acceptors (Lipinski definition) is 6. The van der Waals surface area contributed by atoms with E-state index in [2.05, 4.69) is 15.9 Å². The molecule has 1 aromatic rings. The number of thioether (sulfide) groups is 1. The van der Waals surface area contributed by atoms with Crippen LogP contribution in [-0.2, 0) is 14.3 Å². The average molecular weight is 421 g/mol. The van der Waals surface area contributed by atoms with Crippen molar-refractivity contribution in [3.05, 3.63) is 32.1 Å². The van der Waals surface area contributed by atoms with Gasteiger partial charge in [-0.3, -0.25) is 19.3 Å². The van der Waals surface area contributed by atoms with Gasteiger partial charge in [0.05, 0.1) is 21.0 Å². The van der Waals surface area contributed by atoms with Crippen molar-refractivity contribution < 1.29 is 24.2 Å². The number of carbonyl (C=O) groups excluding carboxylic acids is 3. The van der Waals surface area contributed by atoms with Gasteiger partial charge in [0.2, 0.25) is 0 Å². The molecule has 0 spiro atoms. The highest BCUT2D eigenvalue weighted by Crippen LogP contribution is 2.36. The fraction of sp³-hybridized carbons (Fsp3) is 0.214. The standard InChI is InChI=1S/C14H11BrClNO5S/c1-2-22-11(18)6-17-13(20)10(23-14(17)21)5-7-3-8(15)12(19)9(16)4-7/h3-5,19H,2,6H2,1H3/b10-5+. The minimum atomic E-state index is -0.647. The Labute approximate surface area is 149 Å². The second kappa shape index (κ2) is 7.37. The molecule has 0 radical (unpaired) electrons. The van der Waals surface area contributed by atoms with Gasteiger partial charge in [0.1, 0.15) is 12.3 Å². The van der Waals surface area contributed by atoms with Crippen LogP contribution in [0.5, 0.6) is 5.75 Å². The molecular weight excluding hydrogens is 410 g/mol. The molecule has 0 aromatic heterocycles. The Morgan fingerprint density at radius 2 is 2.17 bits per heavy atom. The van der Waals surface area contributed by atoms with Gasteiger partial charge in [0.15, 0.2) is 0 Å². The largest absolute Gasteiger partial charge is 0.505 e. The summed E-state index contributed by atoms with van der Waals surface area (Å²) in [6, 6.07) is 3.02. The highest BCUT2D eigenvalue weighted by molar-refractivity contribution is 9.10. The third-order valence-electron chi connectivity index (χ3n) is 2.80. The first-order valence-corrected chi connectivity index (χ1v) is 8.41. The summed E-state index contributed by atoms with van der Waals surface area (Å²) in [5.74, 6) is -1.33. The van der Waals surface area contributed by atoms with Crippen LogP contribution < -0.4 is 0 Å². The van der Waals surface area contributed by atoms with Crippen molar-refractivity contribution in [3.8, 4) is 5.75 Å². The van der Waals surface area contributed by atoms with E-state index in [1.54, 1.807) is 13.0 Å². The molecule has 0 aliphatic carbocycles. The Balaban J connectivity index is 2.23. The fourth-order valence-corrected chi connectivity index (χ4v) is 3.45. The van der Waals surface area contributed by atoms with Crippen LogP contribution in [0.1, 0.15) is 12.5 Å². The van der Waals surface area contributed by atoms with Crippen LogP contribution >= 0.6 is 39.3 Å². The van der Waals surface area contributed by atoms with E-state index in [0.717, 1.165) is 16.7 Å². The van der Waals surface area contributed by atoms with Crippen molar-refractivity contribution in [2.24, 2.45) is 0 Å². The third-order valence-corrected chi connectivity index (χ3v) is 4.60. The Morgan fingerprint density at radius 3 is 2.78 bits per heavy atom. The summed E-state index contributed by atoms with van der Waals surface area (Å²) in [6.45, 7) is 1.39. The van der Waals surface area contributed by atoms with E-state index in [1.165, 1.54) is 12.1 Å². The molecule has 6 nitrogen and oxygen atoms in total. The number of esters is 1. The maximum Gasteiger partial charge on any atom is 0.326 e. The molecule has 1 heterocycles. The van der Waals surface area contributed by atoms with Gasteiger partial charge in [-0.15, -0.1) is 0 Å². The molecule has 122 valence electrons. The number of hydrogen-bond donors (Lipinski definition) is 1. The summed E-state index contributed by atoms with van der Waals surface area (Å²) in [5, 5.41) is 9.16. The Morgan fingerprint density at radius 1 is 1.48 bits per heavy atom. The number of phenolic OH excluding ortho intramolecular Hbond substituents is 1. The molecule has 0 atom stereocenters. The Hall–Kier alpha value is -1.51. The zero-order chi connectivity index (χ0) is 17.1. The monoisotopic (exact) mass is 419 g/mol. The van der Waals surface area contributed by atoms with Gasteiger partial charge in [0, 0.05) is 0 Å². The molecular formula is C14H11BrClNO5S. The average Bonchev–Trinajstić information content (AvgIpc) is 2.72. The van der Waals surface area contributed by atoms with Crippen LogP contribution in [0, 0.1) is 0 Å². The predicted octanol–water partition coefficient (Wildman–Crippen LogP) is 3.41.